The summed E-state index contributed by atoms with van der Waals surface area (Å²) in [6, 6.07) is 0. The van der Waals surface area contributed by atoms with Crippen LogP contribution < -0.4 is 11.2 Å². The molecule has 6 nitrogen and oxygen atoms in total. The zero-order valence-corrected chi connectivity index (χ0v) is 11.6. The second-order valence-corrected chi connectivity index (χ2v) is 5.63. The summed E-state index contributed by atoms with van der Waals surface area (Å²) in [6.07, 6.45) is 0. The van der Waals surface area contributed by atoms with E-state index in [2.05, 4.69) is 5.10 Å². The summed E-state index contributed by atoms with van der Waals surface area (Å²) in [5, 5.41) is 4.83. The second kappa shape index (κ2) is 3.57. The quantitative estimate of drug-likeness (QED) is 0.674. The monoisotopic (exact) mass is 250 g/mol. The molecule has 0 spiro atoms. The Labute approximate surface area is 104 Å². The largest absolute Gasteiger partial charge is 0.332 e. The maximum absolute atomic E-state index is 12.3. The van der Waals surface area contributed by atoms with Gasteiger partial charge in [-0.15, -0.1) is 0 Å². The third kappa shape index (κ3) is 1.52. The van der Waals surface area contributed by atoms with Crippen molar-refractivity contribution in [3.8, 4) is 0 Å². The molecule has 0 aliphatic rings. The molecule has 0 bridgehead atoms. The van der Waals surface area contributed by atoms with Gasteiger partial charge in [0.2, 0.25) is 0 Å². The number of hydrogen-bond acceptors (Lipinski definition) is 3. The van der Waals surface area contributed by atoms with Crippen molar-refractivity contribution in [3.05, 3.63) is 26.5 Å². The lowest BCUT2D eigenvalue weighted by molar-refractivity contribution is 0.527. The van der Waals surface area contributed by atoms with Gasteiger partial charge >= 0.3 is 5.69 Å². The van der Waals surface area contributed by atoms with E-state index in [-0.39, 0.29) is 16.7 Å². The molecule has 0 aliphatic heterocycles. The maximum Gasteiger partial charge on any atom is 0.332 e. The highest BCUT2D eigenvalue weighted by Crippen LogP contribution is 2.26. The molecule has 2 heterocycles. The molecule has 2 aromatic rings. The molecule has 0 radical (unpaired) electrons. The Kier molecular flexibility index (Phi) is 2.50. The first-order valence-corrected chi connectivity index (χ1v) is 5.79. The van der Waals surface area contributed by atoms with Crippen LogP contribution in [-0.2, 0) is 26.6 Å². The van der Waals surface area contributed by atoms with Crippen LogP contribution in [0.25, 0.3) is 11.0 Å². The Morgan fingerprint density at radius 1 is 1.00 bits per heavy atom. The van der Waals surface area contributed by atoms with Crippen molar-refractivity contribution in [1.29, 1.82) is 0 Å². The molecule has 0 unspecified atom stereocenters. The van der Waals surface area contributed by atoms with Crippen LogP contribution in [0.15, 0.2) is 9.59 Å². The summed E-state index contributed by atoms with van der Waals surface area (Å²) in [5.41, 5.74) is 0.425. The van der Waals surface area contributed by atoms with Gasteiger partial charge < -0.3 is 0 Å². The standard InChI is InChI=1S/C12H18N4O2/c1-12(2,3)8-7-9(13-16(8)6)14(4)11(18)15(5)10(7)17/h1-6H3. The van der Waals surface area contributed by atoms with Gasteiger partial charge in [-0.3, -0.25) is 18.6 Å². The molecule has 18 heavy (non-hydrogen) atoms. The lowest BCUT2D eigenvalue weighted by Gasteiger charge is -2.18. The van der Waals surface area contributed by atoms with Crippen molar-refractivity contribution in [2.24, 2.45) is 21.1 Å². The summed E-state index contributed by atoms with van der Waals surface area (Å²) in [4.78, 5) is 24.1. The van der Waals surface area contributed by atoms with E-state index < -0.39 is 0 Å². The van der Waals surface area contributed by atoms with Gasteiger partial charge in [0, 0.05) is 26.6 Å². The molecule has 0 atom stereocenters. The molecule has 0 fully saturated rings. The molecule has 98 valence electrons. The summed E-state index contributed by atoms with van der Waals surface area (Å²) < 4.78 is 4.22. The van der Waals surface area contributed by atoms with Crippen LogP contribution in [0.1, 0.15) is 26.5 Å². The fraction of sp³-hybridized carbons (Fsp3) is 0.583. The zero-order chi connectivity index (χ0) is 13.8. The highest BCUT2D eigenvalue weighted by Gasteiger charge is 2.26. The number of aromatic nitrogens is 4. The van der Waals surface area contributed by atoms with Gasteiger partial charge in [0.15, 0.2) is 5.65 Å². The van der Waals surface area contributed by atoms with Gasteiger partial charge in [0.25, 0.3) is 5.56 Å². The Morgan fingerprint density at radius 3 is 2.06 bits per heavy atom. The number of fused-ring (bicyclic) bond motifs is 1. The van der Waals surface area contributed by atoms with Crippen molar-refractivity contribution in [2.45, 2.75) is 26.2 Å². The van der Waals surface area contributed by atoms with Crippen molar-refractivity contribution < 1.29 is 0 Å². The molecular weight excluding hydrogens is 232 g/mol. The Balaban J connectivity index is 3.15. The average Bonchev–Trinajstić information content (AvgIpc) is 2.61. The van der Waals surface area contributed by atoms with Crippen LogP contribution in [-0.4, -0.2) is 18.9 Å². The molecular formula is C12H18N4O2. The predicted molar refractivity (Wildman–Crippen MR) is 69.9 cm³/mol. The van der Waals surface area contributed by atoms with Gasteiger partial charge in [-0.2, -0.15) is 5.10 Å². The van der Waals surface area contributed by atoms with Crippen LogP contribution >= 0.6 is 0 Å². The molecule has 0 aromatic carbocycles. The zero-order valence-electron chi connectivity index (χ0n) is 11.6. The molecule has 0 saturated heterocycles. The molecule has 0 saturated carbocycles. The summed E-state index contributed by atoms with van der Waals surface area (Å²) >= 11 is 0. The maximum atomic E-state index is 12.3. The normalized spacial score (nSPS) is 12.3. The van der Waals surface area contributed by atoms with E-state index in [1.807, 2.05) is 20.8 Å². The van der Waals surface area contributed by atoms with Gasteiger partial charge in [0.1, 0.15) is 5.39 Å². The summed E-state index contributed by atoms with van der Waals surface area (Å²) in [6.45, 7) is 6.07. The minimum absolute atomic E-state index is 0.215. The first-order chi connectivity index (χ1) is 8.16. The highest BCUT2D eigenvalue weighted by atomic mass is 16.2. The molecule has 0 aliphatic carbocycles. The van der Waals surface area contributed by atoms with E-state index in [0.29, 0.717) is 11.0 Å². The lowest BCUT2D eigenvalue weighted by atomic mass is 9.90. The summed E-state index contributed by atoms with van der Waals surface area (Å²) in [5.74, 6) is 0. The van der Waals surface area contributed by atoms with Crippen molar-refractivity contribution in [1.82, 2.24) is 18.9 Å². The van der Waals surface area contributed by atoms with Crippen LogP contribution in [0.3, 0.4) is 0 Å². The van der Waals surface area contributed by atoms with E-state index in [4.69, 9.17) is 0 Å². The van der Waals surface area contributed by atoms with E-state index >= 15 is 0 Å². The van der Waals surface area contributed by atoms with Gasteiger partial charge in [-0.1, -0.05) is 20.8 Å². The van der Waals surface area contributed by atoms with E-state index in [1.165, 1.54) is 11.6 Å². The smallest absolute Gasteiger partial charge is 0.279 e. The molecule has 6 heteroatoms. The lowest BCUT2D eigenvalue weighted by Crippen LogP contribution is -2.37. The van der Waals surface area contributed by atoms with E-state index in [1.54, 1.807) is 18.8 Å². The minimum atomic E-state index is -0.356. The first-order valence-electron chi connectivity index (χ1n) is 5.79. The topological polar surface area (TPSA) is 61.8 Å². The predicted octanol–water partition coefficient (Wildman–Crippen LogP) is 0.268. The highest BCUT2D eigenvalue weighted by molar-refractivity contribution is 5.78. The third-order valence-corrected chi connectivity index (χ3v) is 3.15. The number of nitrogens with zero attached hydrogens (tertiary/aromatic N) is 4. The van der Waals surface area contributed by atoms with Crippen molar-refractivity contribution in [2.75, 3.05) is 0 Å². The number of hydrogen-bond donors (Lipinski definition) is 0. The van der Waals surface area contributed by atoms with E-state index in [0.717, 1.165) is 10.3 Å². The molecule has 0 N–H and O–H groups in total. The van der Waals surface area contributed by atoms with Crippen LogP contribution in [0.2, 0.25) is 0 Å². The summed E-state index contributed by atoms with van der Waals surface area (Å²) in [7, 11) is 4.91. The fourth-order valence-electron chi connectivity index (χ4n) is 2.37. The van der Waals surface area contributed by atoms with Crippen LogP contribution in [0.4, 0.5) is 0 Å². The van der Waals surface area contributed by atoms with E-state index in [9.17, 15) is 9.59 Å². The molecule has 2 rings (SSSR count). The molecule has 2 aromatic heterocycles. The van der Waals surface area contributed by atoms with Crippen molar-refractivity contribution >= 4 is 11.0 Å². The molecule has 0 amide bonds. The SMILES string of the molecule is Cn1nc2c(c1C(C)(C)C)c(=O)n(C)c(=O)n2C. The first kappa shape index (κ1) is 12.6. The van der Waals surface area contributed by atoms with Crippen LogP contribution in [0, 0.1) is 0 Å². The minimum Gasteiger partial charge on any atom is -0.279 e. The fourth-order valence-corrected chi connectivity index (χ4v) is 2.37. The Morgan fingerprint density at radius 2 is 1.56 bits per heavy atom. The van der Waals surface area contributed by atoms with Crippen LogP contribution in [0.5, 0.6) is 0 Å². The Bertz CT molecular complexity index is 740. The van der Waals surface area contributed by atoms with Crippen molar-refractivity contribution in [3.63, 3.8) is 0 Å². The Hall–Kier alpha value is -1.85. The average molecular weight is 250 g/mol. The van der Waals surface area contributed by atoms with Gasteiger partial charge in [0.05, 0.1) is 5.69 Å². The second-order valence-electron chi connectivity index (χ2n) is 5.63. The number of aryl methyl sites for hydroxylation is 2. The van der Waals surface area contributed by atoms with Gasteiger partial charge in [-0.05, 0) is 0 Å². The van der Waals surface area contributed by atoms with Gasteiger partial charge in [-0.25, -0.2) is 4.79 Å². The number of rotatable bonds is 0. The third-order valence-electron chi connectivity index (χ3n) is 3.15.